The van der Waals surface area contributed by atoms with Crippen molar-refractivity contribution in [2.75, 3.05) is 20.3 Å². The third-order valence-corrected chi connectivity index (χ3v) is 4.73. The van der Waals surface area contributed by atoms with E-state index in [4.69, 9.17) is 9.47 Å². The second-order valence-corrected chi connectivity index (χ2v) is 7.12. The number of rotatable bonds is 11. The average Bonchev–Trinajstić information content (AvgIpc) is 2.75. The van der Waals surface area contributed by atoms with Crippen molar-refractivity contribution in [3.8, 4) is 5.75 Å². The highest BCUT2D eigenvalue weighted by Crippen LogP contribution is 2.20. The van der Waals surface area contributed by atoms with Crippen LogP contribution in [0.1, 0.15) is 16.7 Å². The number of hydrogen-bond acceptors (Lipinski definition) is 4. The molecule has 0 aromatic heterocycles. The van der Waals surface area contributed by atoms with Gasteiger partial charge in [0.1, 0.15) is 5.75 Å². The van der Waals surface area contributed by atoms with E-state index in [2.05, 4.69) is 23.1 Å². The molecule has 0 fully saturated rings. The van der Waals surface area contributed by atoms with Crippen molar-refractivity contribution < 1.29 is 14.6 Å². The van der Waals surface area contributed by atoms with Crippen molar-refractivity contribution in [2.45, 2.75) is 25.8 Å². The van der Waals surface area contributed by atoms with Gasteiger partial charge in [0.05, 0.1) is 26.4 Å². The first kappa shape index (κ1) is 21.1. The maximum absolute atomic E-state index is 10.6. The highest BCUT2D eigenvalue weighted by Gasteiger charge is 2.15. The van der Waals surface area contributed by atoms with Gasteiger partial charge >= 0.3 is 0 Å². The van der Waals surface area contributed by atoms with Crippen LogP contribution in [-0.4, -0.2) is 36.4 Å². The van der Waals surface area contributed by atoms with Gasteiger partial charge < -0.3 is 14.6 Å². The molecule has 29 heavy (non-hydrogen) atoms. The zero-order valence-electron chi connectivity index (χ0n) is 16.9. The lowest BCUT2D eigenvalue weighted by Gasteiger charge is -2.26. The predicted molar refractivity (Wildman–Crippen MR) is 116 cm³/mol. The molecule has 4 heteroatoms. The normalized spacial score (nSPS) is 12.1. The molecule has 1 atom stereocenters. The van der Waals surface area contributed by atoms with Crippen LogP contribution < -0.4 is 4.74 Å². The molecule has 0 spiro atoms. The lowest BCUT2D eigenvalue weighted by atomic mass is 10.1. The van der Waals surface area contributed by atoms with Crippen molar-refractivity contribution in [3.05, 3.63) is 102 Å². The van der Waals surface area contributed by atoms with E-state index in [9.17, 15) is 5.11 Å². The van der Waals surface area contributed by atoms with E-state index < -0.39 is 6.10 Å². The van der Waals surface area contributed by atoms with Crippen LogP contribution in [0.3, 0.4) is 0 Å². The Morgan fingerprint density at radius 1 is 0.793 bits per heavy atom. The molecule has 1 N–H and O–H groups in total. The van der Waals surface area contributed by atoms with Gasteiger partial charge in [-0.25, -0.2) is 0 Å². The molecule has 3 aromatic carbocycles. The van der Waals surface area contributed by atoms with Gasteiger partial charge in [0.15, 0.2) is 0 Å². The fraction of sp³-hybridized carbons (Fsp3) is 0.280. The molecule has 0 amide bonds. The largest absolute Gasteiger partial charge is 0.496 e. The maximum atomic E-state index is 10.6. The summed E-state index contributed by atoms with van der Waals surface area (Å²) in [5.41, 5.74) is 3.41. The Labute approximate surface area is 173 Å². The Morgan fingerprint density at radius 3 is 2.10 bits per heavy atom. The summed E-state index contributed by atoms with van der Waals surface area (Å²) < 4.78 is 11.2. The van der Waals surface area contributed by atoms with Crippen LogP contribution in [0.25, 0.3) is 0 Å². The first-order valence-electron chi connectivity index (χ1n) is 9.92. The van der Waals surface area contributed by atoms with Crippen LogP contribution in [0, 0.1) is 0 Å². The molecule has 152 valence electrons. The molecule has 0 heterocycles. The first-order valence-corrected chi connectivity index (χ1v) is 9.92. The van der Waals surface area contributed by atoms with Crippen LogP contribution in [0.2, 0.25) is 0 Å². The number of para-hydroxylation sites is 1. The summed E-state index contributed by atoms with van der Waals surface area (Å²) in [4.78, 5) is 2.23. The van der Waals surface area contributed by atoms with Crippen LogP contribution in [0.5, 0.6) is 5.75 Å². The zero-order valence-corrected chi connectivity index (χ0v) is 16.9. The summed E-state index contributed by atoms with van der Waals surface area (Å²) in [6.07, 6.45) is -0.572. The number of benzene rings is 3. The summed E-state index contributed by atoms with van der Waals surface area (Å²) in [6.45, 7) is 2.75. The van der Waals surface area contributed by atoms with Crippen LogP contribution in [-0.2, 0) is 24.4 Å². The van der Waals surface area contributed by atoms with E-state index in [0.29, 0.717) is 26.3 Å². The fourth-order valence-corrected chi connectivity index (χ4v) is 3.34. The van der Waals surface area contributed by atoms with Crippen molar-refractivity contribution in [2.24, 2.45) is 0 Å². The van der Waals surface area contributed by atoms with Gasteiger partial charge in [0.25, 0.3) is 0 Å². The Bertz CT molecular complexity index is 839. The Hall–Kier alpha value is -2.66. The highest BCUT2D eigenvalue weighted by atomic mass is 16.5. The highest BCUT2D eigenvalue weighted by molar-refractivity contribution is 5.33. The standard InChI is InChI=1S/C25H29NO3/c1-28-25-15-9-8-14-23(25)17-26(16-21-10-4-2-5-11-21)18-24(27)20-29-19-22-12-6-3-7-13-22/h2-15,24,27H,16-20H2,1H3. The molecule has 1 unspecified atom stereocenters. The average molecular weight is 392 g/mol. The number of aliphatic hydroxyl groups excluding tert-OH is 1. The lowest BCUT2D eigenvalue weighted by molar-refractivity contribution is 0.00702. The predicted octanol–water partition coefficient (Wildman–Crippen LogP) is 4.28. The monoisotopic (exact) mass is 391 g/mol. The number of nitrogens with zero attached hydrogens (tertiary/aromatic N) is 1. The summed E-state index contributed by atoms with van der Waals surface area (Å²) in [7, 11) is 1.69. The van der Waals surface area contributed by atoms with Gasteiger partial charge in [0.2, 0.25) is 0 Å². The topological polar surface area (TPSA) is 41.9 Å². The Kier molecular flexibility index (Phi) is 8.25. The third-order valence-electron chi connectivity index (χ3n) is 4.73. The van der Waals surface area contributed by atoms with Crippen molar-refractivity contribution in [1.29, 1.82) is 0 Å². The molecule has 3 rings (SSSR count). The summed E-state index contributed by atoms with van der Waals surface area (Å²) in [5.74, 6) is 0.861. The summed E-state index contributed by atoms with van der Waals surface area (Å²) in [6, 6.07) is 28.3. The number of hydrogen-bond donors (Lipinski definition) is 1. The van der Waals surface area contributed by atoms with E-state index in [0.717, 1.165) is 23.4 Å². The second-order valence-electron chi connectivity index (χ2n) is 7.12. The second kappa shape index (κ2) is 11.4. The molecule has 0 saturated carbocycles. The lowest BCUT2D eigenvalue weighted by Crippen LogP contribution is -2.34. The molecule has 0 saturated heterocycles. The van der Waals surface area contributed by atoms with Gasteiger partial charge in [-0.05, 0) is 17.2 Å². The number of aliphatic hydroxyl groups is 1. The first-order chi connectivity index (χ1) is 14.2. The molecule has 3 aromatic rings. The van der Waals surface area contributed by atoms with Crippen LogP contribution in [0.4, 0.5) is 0 Å². The minimum atomic E-state index is -0.572. The maximum Gasteiger partial charge on any atom is 0.123 e. The summed E-state index contributed by atoms with van der Waals surface area (Å²) >= 11 is 0. The van der Waals surface area contributed by atoms with Gasteiger partial charge in [-0.2, -0.15) is 0 Å². The van der Waals surface area contributed by atoms with Crippen molar-refractivity contribution >= 4 is 0 Å². The third kappa shape index (κ3) is 7.02. The molecule has 0 aliphatic carbocycles. The van der Waals surface area contributed by atoms with E-state index in [-0.39, 0.29) is 0 Å². The van der Waals surface area contributed by atoms with E-state index >= 15 is 0 Å². The SMILES string of the molecule is COc1ccccc1CN(Cc1ccccc1)CC(O)COCc1ccccc1. The summed E-state index contributed by atoms with van der Waals surface area (Å²) in [5, 5.41) is 10.6. The molecule has 0 bridgehead atoms. The van der Waals surface area contributed by atoms with E-state index in [1.165, 1.54) is 5.56 Å². The van der Waals surface area contributed by atoms with Gasteiger partial charge in [0, 0.05) is 25.2 Å². The molecule has 0 radical (unpaired) electrons. The number of ether oxygens (including phenoxy) is 2. The molecule has 0 aliphatic rings. The minimum Gasteiger partial charge on any atom is -0.496 e. The quantitative estimate of drug-likeness (QED) is 0.530. The van der Waals surface area contributed by atoms with Gasteiger partial charge in [-0.1, -0.05) is 78.9 Å². The smallest absolute Gasteiger partial charge is 0.123 e. The fourth-order valence-electron chi connectivity index (χ4n) is 3.34. The van der Waals surface area contributed by atoms with Crippen LogP contribution >= 0.6 is 0 Å². The van der Waals surface area contributed by atoms with Gasteiger partial charge in [-0.15, -0.1) is 0 Å². The van der Waals surface area contributed by atoms with Crippen molar-refractivity contribution in [3.63, 3.8) is 0 Å². The Morgan fingerprint density at radius 2 is 1.41 bits per heavy atom. The molecular formula is C25H29NO3. The number of methoxy groups -OCH3 is 1. The van der Waals surface area contributed by atoms with Crippen LogP contribution in [0.15, 0.2) is 84.9 Å². The molecule has 0 aliphatic heterocycles. The Balaban J connectivity index is 1.60. The minimum absolute atomic E-state index is 0.298. The van der Waals surface area contributed by atoms with Crippen molar-refractivity contribution in [1.82, 2.24) is 4.90 Å². The van der Waals surface area contributed by atoms with E-state index in [1.54, 1.807) is 7.11 Å². The molecular weight excluding hydrogens is 362 g/mol. The zero-order chi connectivity index (χ0) is 20.3. The van der Waals surface area contributed by atoms with Gasteiger partial charge in [-0.3, -0.25) is 4.90 Å². The van der Waals surface area contributed by atoms with E-state index in [1.807, 2.05) is 66.7 Å². The molecule has 4 nitrogen and oxygen atoms in total.